The lowest BCUT2D eigenvalue weighted by Crippen LogP contribution is -2.53. The molecule has 1 aliphatic rings. The highest BCUT2D eigenvalue weighted by molar-refractivity contribution is 7.89. The molecule has 9 heteroatoms. The average molecular weight is 422 g/mol. The summed E-state index contributed by atoms with van der Waals surface area (Å²) in [7, 11) is -3.97. The van der Waals surface area contributed by atoms with Gasteiger partial charge in [0.15, 0.2) is 0 Å². The zero-order valence-corrected chi connectivity index (χ0v) is 16.5. The van der Waals surface area contributed by atoms with Crippen LogP contribution in [-0.4, -0.2) is 26.3 Å². The monoisotopic (exact) mass is 421 g/mol. The van der Waals surface area contributed by atoms with Gasteiger partial charge in [-0.1, -0.05) is 41.9 Å². The SMILES string of the molecule is O=C(NNC(=O)C(Cc1ccccc1)NS(=O)(=O)c1ccc(Cl)cc1)C1CC1. The maximum Gasteiger partial charge on any atom is 0.256 e. The normalized spacial score (nSPS) is 14.9. The van der Waals surface area contributed by atoms with Gasteiger partial charge in [-0.15, -0.1) is 0 Å². The van der Waals surface area contributed by atoms with Crippen LogP contribution in [0.1, 0.15) is 18.4 Å². The Morgan fingerprint density at radius 1 is 1.00 bits per heavy atom. The molecule has 0 aromatic heterocycles. The second-order valence-electron chi connectivity index (χ2n) is 6.57. The van der Waals surface area contributed by atoms with E-state index in [0.29, 0.717) is 5.02 Å². The number of halogens is 1. The molecule has 3 rings (SSSR count). The molecule has 1 atom stereocenters. The maximum atomic E-state index is 12.7. The predicted octanol–water partition coefficient (Wildman–Crippen LogP) is 1.79. The predicted molar refractivity (Wildman–Crippen MR) is 105 cm³/mol. The zero-order chi connectivity index (χ0) is 20.1. The molecule has 1 saturated carbocycles. The van der Waals surface area contributed by atoms with Crippen LogP contribution < -0.4 is 15.6 Å². The fourth-order valence-corrected chi connectivity index (χ4v) is 3.89. The number of hydrogen-bond donors (Lipinski definition) is 3. The molecule has 7 nitrogen and oxygen atoms in total. The molecule has 0 radical (unpaired) electrons. The Morgan fingerprint density at radius 2 is 1.64 bits per heavy atom. The number of carbonyl (C=O) groups is 2. The van der Waals surface area contributed by atoms with Crippen LogP contribution in [0.5, 0.6) is 0 Å². The summed E-state index contributed by atoms with van der Waals surface area (Å²) in [4.78, 5) is 24.3. The maximum absolute atomic E-state index is 12.7. The highest BCUT2D eigenvalue weighted by Crippen LogP contribution is 2.28. The van der Waals surface area contributed by atoms with E-state index in [1.807, 2.05) is 6.07 Å². The molecule has 2 amide bonds. The summed E-state index contributed by atoms with van der Waals surface area (Å²) >= 11 is 5.81. The van der Waals surface area contributed by atoms with Crippen LogP contribution in [0.4, 0.5) is 0 Å². The Hall–Kier alpha value is -2.42. The van der Waals surface area contributed by atoms with Gasteiger partial charge < -0.3 is 0 Å². The third kappa shape index (κ3) is 5.54. The molecule has 148 valence electrons. The molecule has 1 unspecified atom stereocenters. The molecule has 0 bridgehead atoms. The van der Waals surface area contributed by atoms with Crippen LogP contribution in [0, 0.1) is 5.92 Å². The number of benzene rings is 2. The third-order valence-corrected chi connectivity index (χ3v) is 6.02. The number of hydrogen-bond acceptors (Lipinski definition) is 4. The molecule has 0 saturated heterocycles. The minimum Gasteiger partial charge on any atom is -0.273 e. The number of carbonyl (C=O) groups excluding carboxylic acids is 2. The van der Waals surface area contributed by atoms with Crippen LogP contribution in [0.2, 0.25) is 5.02 Å². The topological polar surface area (TPSA) is 104 Å². The molecule has 2 aromatic carbocycles. The van der Waals surface area contributed by atoms with Crippen LogP contribution in [0.3, 0.4) is 0 Å². The molecule has 0 spiro atoms. The lowest BCUT2D eigenvalue weighted by molar-refractivity contribution is -0.130. The Kier molecular flexibility index (Phi) is 6.33. The largest absolute Gasteiger partial charge is 0.273 e. The number of rotatable bonds is 7. The van der Waals surface area contributed by atoms with Crippen molar-refractivity contribution in [1.29, 1.82) is 0 Å². The molecule has 1 aliphatic carbocycles. The standard InChI is InChI=1S/C19H20ClN3O4S/c20-15-8-10-16(11-9-15)28(26,27)23-17(12-13-4-2-1-3-5-13)19(25)22-21-18(24)14-6-7-14/h1-5,8-11,14,17,23H,6-7,12H2,(H,21,24)(H,22,25). The first-order chi connectivity index (χ1) is 13.3. The first kappa shape index (κ1) is 20.3. The number of amides is 2. The Balaban J connectivity index is 1.75. The van der Waals surface area contributed by atoms with Gasteiger partial charge in [0.1, 0.15) is 6.04 Å². The highest BCUT2D eigenvalue weighted by Gasteiger charge is 2.31. The summed E-state index contributed by atoms with van der Waals surface area (Å²) in [5.74, 6) is -0.999. The van der Waals surface area contributed by atoms with Gasteiger partial charge in [-0.25, -0.2) is 8.42 Å². The van der Waals surface area contributed by atoms with Crippen molar-refractivity contribution in [2.75, 3.05) is 0 Å². The molecular weight excluding hydrogens is 402 g/mol. The molecule has 3 N–H and O–H groups in total. The average Bonchev–Trinajstić information content (AvgIpc) is 3.51. The fourth-order valence-electron chi connectivity index (χ4n) is 2.56. The van der Waals surface area contributed by atoms with E-state index in [4.69, 9.17) is 11.6 Å². The third-order valence-electron chi connectivity index (χ3n) is 4.28. The fraction of sp³-hybridized carbons (Fsp3) is 0.263. The Morgan fingerprint density at radius 3 is 2.25 bits per heavy atom. The van der Waals surface area contributed by atoms with Gasteiger partial charge in [-0.05, 0) is 49.1 Å². The van der Waals surface area contributed by atoms with Gasteiger partial charge in [0.2, 0.25) is 15.9 Å². The second-order valence-corrected chi connectivity index (χ2v) is 8.72. The summed E-state index contributed by atoms with van der Waals surface area (Å²) in [5, 5.41) is 0.403. The van der Waals surface area contributed by atoms with Gasteiger partial charge in [0, 0.05) is 10.9 Å². The van der Waals surface area contributed by atoms with Crippen molar-refractivity contribution >= 4 is 33.4 Å². The van der Waals surface area contributed by atoms with Gasteiger partial charge in [0.05, 0.1) is 4.90 Å². The van der Waals surface area contributed by atoms with Crippen molar-refractivity contribution in [2.45, 2.75) is 30.2 Å². The quantitative estimate of drug-likeness (QED) is 0.593. The van der Waals surface area contributed by atoms with Crippen molar-refractivity contribution in [1.82, 2.24) is 15.6 Å². The van der Waals surface area contributed by atoms with E-state index in [1.54, 1.807) is 24.3 Å². The van der Waals surface area contributed by atoms with E-state index in [-0.39, 0.29) is 23.1 Å². The van der Waals surface area contributed by atoms with E-state index in [2.05, 4.69) is 15.6 Å². The zero-order valence-electron chi connectivity index (χ0n) is 14.9. The smallest absolute Gasteiger partial charge is 0.256 e. The van der Waals surface area contributed by atoms with Gasteiger partial charge in [0.25, 0.3) is 5.91 Å². The van der Waals surface area contributed by atoms with Crippen molar-refractivity contribution in [3.05, 3.63) is 65.2 Å². The van der Waals surface area contributed by atoms with Crippen molar-refractivity contribution in [2.24, 2.45) is 5.92 Å². The van der Waals surface area contributed by atoms with Gasteiger partial charge in [-0.2, -0.15) is 4.72 Å². The van der Waals surface area contributed by atoms with Crippen LogP contribution in [0.25, 0.3) is 0 Å². The van der Waals surface area contributed by atoms with E-state index in [9.17, 15) is 18.0 Å². The number of hydrazine groups is 1. The minimum atomic E-state index is -3.97. The van der Waals surface area contributed by atoms with E-state index < -0.39 is 22.0 Å². The summed E-state index contributed by atoms with van der Waals surface area (Å²) in [6, 6.07) is 13.5. The van der Waals surface area contributed by atoms with E-state index in [1.165, 1.54) is 24.3 Å². The van der Waals surface area contributed by atoms with Crippen LogP contribution in [-0.2, 0) is 26.0 Å². The molecule has 2 aromatic rings. The molecule has 1 fully saturated rings. The molecule has 28 heavy (non-hydrogen) atoms. The lowest BCUT2D eigenvalue weighted by atomic mass is 10.1. The van der Waals surface area contributed by atoms with Crippen molar-refractivity contribution in [3.63, 3.8) is 0 Å². The second kappa shape index (κ2) is 8.72. The van der Waals surface area contributed by atoms with Crippen LogP contribution in [0.15, 0.2) is 59.5 Å². The summed E-state index contributed by atoms with van der Waals surface area (Å²) in [6.07, 6.45) is 1.70. The number of sulfonamides is 1. The van der Waals surface area contributed by atoms with Gasteiger partial charge >= 0.3 is 0 Å². The van der Waals surface area contributed by atoms with Gasteiger partial charge in [-0.3, -0.25) is 20.4 Å². The number of nitrogens with one attached hydrogen (secondary N) is 3. The van der Waals surface area contributed by atoms with E-state index in [0.717, 1.165) is 18.4 Å². The Bertz CT molecular complexity index is 945. The lowest BCUT2D eigenvalue weighted by Gasteiger charge is -2.19. The highest BCUT2D eigenvalue weighted by atomic mass is 35.5. The summed E-state index contributed by atoms with van der Waals surface area (Å²) in [5.41, 5.74) is 5.45. The molecular formula is C19H20ClN3O4S. The van der Waals surface area contributed by atoms with Crippen LogP contribution >= 0.6 is 11.6 Å². The summed E-state index contributed by atoms with van der Waals surface area (Å²) in [6.45, 7) is 0. The first-order valence-electron chi connectivity index (χ1n) is 8.77. The summed E-state index contributed by atoms with van der Waals surface area (Å²) < 4.78 is 27.8. The van der Waals surface area contributed by atoms with Crippen molar-refractivity contribution in [3.8, 4) is 0 Å². The van der Waals surface area contributed by atoms with Crippen molar-refractivity contribution < 1.29 is 18.0 Å². The minimum absolute atomic E-state index is 0.00947. The van der Waals surface area contributed by atoms with E-state index >= 15 is 0 Å². The molecule has 0 aliphatic heterocycles. The first-order valence-corrected chi connectivity index (χ1v) is 10.6. The Labute approximate surface area is 168 Å². The molecule has 0 heterocycles.